The van der Waals surface area contributed by atoms with Gasteiger partial charge in [-0.1, -0.05) is 24.3 Å². The van der Waals surface area contributed by atoms with E-state index in [0.717, 1.165) is 57.5 Å². The van der Waals surface area contributed by atoms with Crippen molar-refractivity contribution < 1.29 is 5.11 Å². The first-order valence-electron chi connectivity index (χ1n) is 11.5. The maximum atomic E-state index is 9.44. The maximum absolute atomic E-state index is 9.44. The van der Waals surface area contributed by atoms with Crippen LogP contribution in [0.25, 0.3) is 38.8 Å². The maximum Gasteiger partial charge on any atom is 0.162 e. The van der Waals surface area contributed by atoms with Crippen LogP contribution in [0.15, 0.2) is 73.3 Å². The van der Waals surface area contributed by atoms with Gasteiger partial charge in [0.05, 0.1) is 18.3 Å². The van der Waals surface area contributed by atoms with Crippen LogP contribution in [0.1, 0.15) is 24.8 Å². The number of anilines is 1. The highest BCUT2D eigenvalue weighted by atomic mass is 16.3. The Kier molecular flexibility index (Phi) is 5.00. The fourth-order valence-corrected chi connectivity index (χ4v) is 4.76. The summed E-state index contributed by atoms with van der Waals surface area (Å²) >= 11 is 0. The first-order chi connectivity index (χ1) is 16.3. The van der Waals surface area contributed by atoms with Crippen molar-refractivity contribution in [1.82, 2.24) is 19.6 Å². The summed E-state index contributed by atoms with van der Waals surface area (Å²) in [6, 6.07) is 16.6. The third-order valence-corrected chi connectivity index (χ3v) is 6.56. The Hall–Kier alpha value is -3.77. The molecule has 1 aliphatic heterocycles. The van der Waals surface area contributed by atoms with Crippen LogP contribution in [0.3, 0.4) is 0 Å². The van der Waals surface area contributed by atoms with E-state index < -0.39 is 0 Å². The van der Waals surface area contributed by atoms with E-state index in [0.29, 0.717) is 0 Å². The summed E-state index contributed by atoms with van der Waals surface area (Å²) in [6.07, 6.45) is 11.5. The minimum absolute atomic E-state index is 0.00189. The molecule has 4 heterocycles. The molecule has 0 bridgehead atoms. The van der Waals surface area contributed by atoms with Gasteiger partial charge in [0.2, 0.25) is 0 Å². The summed E-state index contributed by atoms with van der Waals surface area (Å²) in [5.41, 5.74) is 7.97. The number of benzene rings is 2. The van der Waals surface area contributed by atoms with Gasteiger partial charge in [0.1, 0.15) is 0 Å². The quantitative estimate of drug-likeness (QED) is 0.426. The predicted octanol–water partition coefficient (Wildman–Crippen LogP) is 5.09. The molecular weight excluding hydrogens is 410 g/mol. The Labute approximate surface area is 192 Å². The molecule has 1 N–H and O–H groups in total. The molecule has 3 aromatic heterocycles. The normalized spacial score (nSPS) is 14.3. The van der Waals surface area contributed by atoms with E-state index in [1.165, 1.54) is 24.9 Å². The number of nitrogens with zero attached hydrogens (tertiary/aromatic N) is 5. The summed E-state index contributed by atoms with van der Waals surface area (Å²) in [6.45, 7) is 2.30. The van der Waals surface area contributed by atoms with E-state index in [-0.39, 0.29) is 6.61 Å². The number of hydrogen-bond acceptors (Lipinski definition) is 5. The van der Waals surface area contributed by atoms with Gasteiger partial charge in [0.25, 0.3) is 0 Å². The monoisotopic (exact) mass is 435 g/mol. The molecule has 1 fully saturated rings. The highest BCUT2D eigenvalue weighted by Crippen LogP contribution is 2.31. The van der Waals surface area contributed by atoms with Gasteiger partial charge in [-0.2, -0.15) is 5.10 Å². The molecule has 2 aromatic carbocycles. The van der Waals surface area contributed by atoms with Crippen LogP contribution >= 0.6 is 0 Å². The van der Waals surface area contributed by atoms with Crippen LogP contribution < -0.4 is 4.90 Å². The second-order valence-electron chi connectivity index (χ2n) is 8.63. The van der Waals surface area contributed by atoms with Crippen molar-refractivity contribution in [2.75, 3.05) is 18.0 Å². The van der Waals surface area contributed by atoms with E-state index in [9.17, 15) is 5.11 Å². The van der Waals surface area contributed by atoms with Gasteiger partial charge in [-0.15, -0.1) is 0 Å². The third kappa shape index (κ3) is 3.62. The van der Waals surface area contributed by atoms with Gasteiger partial charge in [0, 0.05) is 53.9 Å². The van der Waals surface area contributed by atoms with Crippen LogP contribution in [0, 0.1) is 0 Å². The highest BCUT2D eigenvalue weighted by Gasteiger charge is 2.14. The molecular formula is C27H25N5O. The lowest BCUT2D eigenvalue weighted by molar-refractivity contribution is 0.282. The second kappa shape index (κ2) is 8.30. The number of rotatable bonds is 4. The van der Waals surface area contributed by atoms with Crippen molar-refractivity contribution in [1.29, 1.82) is 0 Å². The molecule has 6 nitrogen and oxygen atoms in total. The first kappa shape index (κ1) is 19.9. The molecule has 6 heteroatoms. The van der Waals surface area contributed by atoms with Crippen LogP contribution in [-0.4, -0.2) is 37.8 Å². The minimum Gasteiger partial charge on any atom is -0.392 e. The molecule has 0 atom stereocenters. The molecule has 0 spiro atoms. The molecule has 0 radical (unpaired) electrons. The topological polar surface area (TPSA) is 66.6 Å². The summed E-state index contributed by atoms with van der Waals surface area (Å²) in [5.74, 6) is 0. The van der Waals surface area contributed by atoms with Gasteiger partial charge in [-0.3, -0.25) is 4.98 Å². The van der Waals surface area contributed by atoms with Crippen molar-refractivity contribution >= 4 is 22.2 Å². The number of aliphatic hydroxyl groups is 1. The number of aliphatic hydroxyl groups excluding tert-OH is 1. The SMILES string of the molecule is OCc1ccc2c(-c3cnn4cc(-c5ccc(N6CCCCC6)cc5)cnc34)ccnc2c1. The Bertz CT molecular complexity index is 1430. The van der Waals surface area contributed by atoms with Gasteiger partial charge in [-0.25, -0.2) is 9.50 Å². The van der Waals surface area contributed by atoms with E-state index in [2.05, 4.69) is 39.2 Å². The van der Waals surface area contributed by atoms with E-state index >= 15 is 0 Å². The molecule has 6 rings (SSSR count). The lowest BCUT2D eigenvalue weighted by Gasteiger charge is -2.28. The Morgan fingerprint density at radius 3 is 2.48 bits per heavy atom. The number of hydrogen-bond donors (Lipinski definition) is 1. The fourth-order valence-electron chi connectivity index (χ4n) is 4.76. The molecule has 1 saturated heterocycles. The highest BCUT2D eigenvalue weighted by molar-refractivity contribution is 5.97. The Morgan fingerprint density at radius 1 is 0.818 bits per heavy atom. The van der Waals surface area contributed by atoms with E-state index in [1.807, 2.05) is 47.4 Å². The first-order valence-corrected chi connectivity index (χ1v) is 11.5. The van der Waals surface area contributed by atoms with Crippen LogP contribution in [-0.2, 0) is 6.61 Å². The molecule has 5 aromatic rings. The number of aromatic nitrogens is 4. The zero-order valence-electron chi connectivity index (χ0n) is 18.4. The van der Waals surface area contributed by atoms with Crippen LogP contribution in [0.2, 0.25) is 0 Å². The van der Waals surface area contributed by atoms with Crippen molar-refractivity contribution in [2.24, 2.45) is 0 Å². The van der Waals surface area contributed by atoms with Crippen molar-refractivity contribution in [3.8, 4) is 22.3 Å². The minimum atomic E-state index is 0.00189. The van der Waals surface area contributed by atoms with Gasteiger partial charge < -0.3 is 10.0 Å². The van der Waals surface area contributed by atoms with Crippen molar-refractivity contribution in [2.45, 2.75) is 25.9 Å². The van der Waals surface area contributed by atoms with Crippen LogP contribution in [0.5, 0.6) is 0 Å². The fraction of sp³-hybridized carbons (Fsp3) is 0.222. The Balaban J connectivity index is 1.35. The average molecular weight is 436 g/mol. The molecule has 0 aliphatic carbocycles. The zero-order chi connectivity index (χ0) is 22.2. The molecule has 0 saturated carbocycles. The smallest absolute Gasteiger partial charge is 0.162 e. The van der Waals surface area contributed by atoms with E-state index in [1.54, 1.807) is 6.20 Å². The average Bonchev–Trinajstić information content (AvgIpc) is 3.31. The third-order valence-electron chi connectivity index (χ3n) is 6.56. The number of pyridine rings is 1. The zero-order valence-corrected chi connectivity index (χ0v) is 18.4. The van der Waals surface area contributed by atoms with Gasteiger partial charge >= 0.3 is 0 Å². The lowest BCUT2D eigenvalue weighted by Crippen LogP contribution is -2.29. The summed E-state index contributed by atoms with van der Waals surface area (Å²) in [7, 11) is 0. The number of fused-ring (bicyclic) bond motifs is 2. The summed E-state index contributed by atoms with van der Waals surface area (Å²) < 4.78 is 1.84. The molecule has 0 unspecified atom stereocenters. The standard InChI is InChI=1S/C27H25N5O/c33-18-19-4-9-24-23(10-11-28-26(24)14-19)25-16-30-32-17-21(15-29-27(25)32)20-5-7-22(8-6-20)31-12-2-1-3-13-31/h4-11,14-17,33H,1-3,12-13,18H2. The molecule has 1 aliphatic rings. The summed E-state index contributed by atoms with van der Waals surface area (Å²) in [4.78, 5) is 11.7. The van der Waals surface area contributed by atoms with Gasteiger partial charge in [0.15, 0.2) is 5.65 Å². The second-order valence-corrected chi connectivity index (χ2v) is 8.63. The Morgan fingerprint density at radius 2 is 1.67 bits per heavy atom. The van der Waals surface area contributed by atoms with E-state index in [4.69, 9.17) is 4.98 Å². The summed E-state index contributed by atoms with van der Waals surface area (Å²) in [5, 5.41) is 15.1. The molecule has 164 valence electrons. The van der Waals surface area contributed by atoms with Gasteiger partial charge in [-0.05, 0) is 60.2 Å². The van der Waals surface area contributed by atoms with Crippen molar-refractivity contribution in [3.05, 3.63) is 78.9 Å². The molecule has 0 amide bonds. The van der Waals surface area contributed by atoms with Crippen LogP contribution in [0.4, 0.5) is 5.69 Å². The lowest BCUT2D eigenvalue weighted by atomic mass is 10.0. The number of piperidine rings is 1. The van der Waals surface area contributed by atoms with Crippen molar-refractivity contribution in [3.63, 3.8) is 0 Å². The largest absolute Gasteiger partial charge is 0.392 e. The molecule has 33 heavy (non-hydrogen) atoms. The predicted molar refractivity (Wildman–Crippen MR) is 131 cm³/mol.